The van der Waals surface area contributed by atoms with Gasteiger partial charge in [0.15, 0.2) is 0 Å². The Morgan fingerprint density at radius 2 is 1.83 bits per heavy atom. The highest BCUT2D eigenvalue weighted by molar-refractivity contribution is 6.01. The van der Waals surface area contributed by atoms with E-state index in [2.05, 4.69) is 16.0 Å². The molecule has 0 saturated carbocycles. The van der Waals surface area contributed by atoms with E-state index in [0.717, 1.165) is 53.0 Å². The lowest BCUT2D eigenvalue weighted by atomic mass is 10.1. The number of fused-ring (bicyclic) bond motifs is 1. The van der Waals surface area contributed by atoms with Crippen molar-refractivity contribution in [1.29, 1.82) is 0 Å². The van der Waals surface area contributed by atoms with Gasteiger partial charge in [0, 0.05) is 43.6 Å². The monoisotopic (exact) mass is 393 g/mol. The molecule has 152 valence electrons. The molecule has 0 aliphatic carbocycles. The van der Waals surface area contributed by atoms with Crippen LogP contribution in [0.1, 0.15) is 27.2 Å². The molecule has 1 amide bonds. The summed E-state index contributed by atoms with van der Waals surface area (Å²) in [6.45, 7) is 5.85. The summed E-state index contributed by atoms with van der Waals surface area (Å²) in [4.78, 5) is 20.7. The van der Waals surface area contributed by atoms with Crippen LogP contribution < -0.4 is 4.74 Å². The number of aryl methyl sites for hydroxylation is 1. The number of rotatable bonds is 5. The molecule has 0 atom stereocenters. The lowest BCUT2D eigenvalue weighted by Gasteiger charge is -2.35. The van der Waals surface area contributed by atoms with Crippen LogP contribution in [0, 0.1) is 6.92 Å². The van der Waals surface area contributed by atoms with E-state index < -0.39 is 0 Å². The van der Waals surface area contributed by atoms with Crippen LogP contribution in [0.15, 0.2) is 42.5 Å². The van der Waals surface area contributed by atoms with E-state index in [4.69, 9.17) is 4.74 Å². The number of hydrogen-bond donors (Lipinski definition) is 2. The third-order valence-electron chi connectivity index (χ3n) is 5.82. The summed E-state index contributed by atoms with van der Waals surface area (Å²) in [5, 5.41) is 10.5. The predicted molar refractivity (Wildman–Crippen MR) is 113 cm³/mol. The van der Waals surface area contributed by atoms with E-state index in [1.54, 1.807) is 7.11 Å². The van der Waals surface area contributed by atoms with Crippen molar-refractivity contribution in [3.05, 3.63) is 64.8 Å². The van der Waals surface area contributed by atoms with Gasteiger partial charge in [-0.05, 0) is 41.8 Å². The number of benzene rings is 2. The van der Waals surface area contributed by atoms with Gasteiger partial charge in [-0.3, -0.25) is 9.69 Å². The fourth-order valence-corrected chi connectivity index (χ4v) is 4.02. The summed E-state index contributed by atoms with van der Waals surface area (Å²) in [5.41, 5.74) is 4.69. The van der Waals surface area contributed by atoms with Gasteiger partial charge >= 0.3 is 0 Å². The van der Waals surface area contributed by atoms with E-state index in [0.29, 0.717) is 18.8 Å². The van der Waals surface area contributed by atoms with Crippen LogP contribution in [0.4, 0.5) is 0 Å². The summed E-state index contributed by atoms with van der Waals surface area (Å²) >= 11 is 0. The minimum atomic E-state index is 0.0491. The van der Waals surface area contributed by atoms with Gasteiger partial charge in [0.2, 0.25) is 0 Å². The number of aromatic amines is 1. The first-order valence-corrected chi connectivity index (χ1v) is 9.96. The number of nitrogens with one attached hydrogen (secondary N) is 1. The van der Waals surface area contributed by atoms with Crippen LogP contribution in [-0.4, -0.2) is 59.1 Å². The van der Waals surface area contributed by atoms with Crippen LogP contribution in [0.3, 0.4) is 0 Å². The smallest absolute Gasteiger partial charge is 0.270 e. The van der Waals surface area contributed by atoms with Crippen LogP contribution in [0.25, 0.3) is 10.9 Å². The maximum absolute atomic E-state index is 13.1. The minimum absolute atomic E-state index is 0.0491. The number of ether oxygens (including phenoxy) is 1. The van der Waals surface area contributed by atoms with Gasteiger partial charge in [-0.25, -0.2) is 0 Å². The molecule has 4 rings (SSSR count). The number of carbonyl (C=O) groups is 1. The summed E-state index contributed by atoms with van der Waals surface area (Å²) in [6, 6.07) is 13.8. The molecule has 0 unspecified atom stereocenters. The Hall–Kier alpha value is -2.83. The molecule has 2 aromatic carbocycles. The Morgan fingerprint density at radius 1 is 1.10 bits per heavy atom. The summed E-state index contributed by atoms with van der Waals surface area (Å²) in [7, 11) is 1.65. The third kappa shape index (κ3) is 3.86. The Morgan fingerprint density at radius 3 is 2.52 bits per heavy atom. The maximum Gasteiger partial charge on any atom is 0.270 e. The van der Waals surface area contributed by atoms with Crippen LogP contribution in [0.5, 0.6) is 5.75 Å². The molecule has 3 aromatic rings. The number of aliphatic hydroxyl groups excluding tert-OH is 1. The number of carbonyl (C=O) groups excluding carboxylic acids is 1. The molecular formula is C23H27N3O3. The average Bonchev–Trinajstić information content (AvgIpc) is 3.10. The number of aliphatic hydroxyl groups is 1. The number of methoxy groups -OCH3 is 1. The van der Waals surface area contributed by atoms with Crippen molar-refractivity contribution in [3.63, 3.8) is 0 Å². The summed E-state index contributed by atoms with van der Waals surface area (Å²) in [6.07, 6.45) is 0. The van der Waals surface area contributed by atoms with Gasteiger partial charge in [-0.2, -0.15) is 0 Å². The van der Waals surface area contributed by atoms with Crippen LogP contribution in [-0.2, 0) is 13.2 Å². The Bertz CT molecular complexity index is 1020. The lowest BCUT2D eigenvalue weighted by molar-refractivity contribution is 0.0622. The molecule has 2 N–H and O–H groups in total. The molecule has 0 bridgehead atoms. The van der Waals surface area contributed by atoms with E-state index in [1.165, 1.54) is 0 Å². The SMILES string of the molecule is COc1ccc2[nH]c(C(=O)N3CCN(Cc4ccccc4CO)CC3)c(C)c2c1. The minimum Gasteiger partial charge on any atom is -0.497 e. The number of hydrogen-bond acceptors (Lipinski definition) is 4. The highest BCUT2D eigenvalue weighted by Gasteiger charge is 2.25. The zero-order valence-electron chi connectivity index (χ0n) is 16.9. The zero-order valence-corrected chi connectivity index (χ0v) is 16.9. The van der Waals surface area contributed by atoms with E-state index in [9.17, 15) is 9.90 Å². The number of H-pyrrole nitrogens is 1. The molecule has 6 heteroatoms. The number of aromatic nitrogens is 1. The fraction of sp³-hybridized carbons (Fsp3) is 0.348. The third-order valence-corrected chi connectivity index (χ3v) is 5.82. The maximum atomic E-state index is 13.1. The Kier molecular flexibility index (Phi) is 5.56. The van der Waals surface area contributed by atoms with Gasteiger partial charge in [-0.1, -0.05) is 24.3 Å². The van der Waals surface area contributed by atoms with Gasteiger partial charge in [0.1, 0.15) is 11.4 Å². The van der Waals surface area contributed by atoms with E-state index in [1.807, 2.05) is 48.2 Å². The topological polar surface area (TPSA) is 68.8 Å². The standard InChI is InChI=1S/C23H27N3O3/c1-16-20-13-19(29-2)7-8-21(20)24-22(16)23(28)26-11-9-25(10-12-26)14-17-5-3-4-6-18(17)15-27/h3-8,13,24,27H,9-12,14-15H2,1-2H3. The molecule has 1 aliphatic heterocycles. The number of nitrogens with zero attached hydrogens (tertiary/aromatic N) is 2. The Labute approximate surface area is 170 Å². The number of piperazine rings is 1. The fourth-order valence-electron chi connectivity index (χ4n) is 4.02. The molecule has 6 nitrogen and oxygen atoms in total. The van der Waals surface area contributed by atoms with Crippen molar-refractivity contribution in [1.82, 2.24) is 14.8 Å². The number of amides is 1. The molecule has 1 aromatic heterocycles. The van der Waals surface area contributed by atoms with E-state index in [-0.39, 0.29) is 12.5 Å². The first-order chi connectivity index (χ1) is 14.1. The first kappa shape index (κ1) is 19.5. The second kappa shape index (κ2) is 8.27. The lowest BCUT2D eigenvalue weighted by Crippen LogP contribution is -2.48. The second-order valence-electron chi connectivity index (χ2n) is 7.53. The van der Waals surface area contributed by atoms with Crippen LogP contribution in [0.2, 0.25) is 0 Å². The van der Waals surface area contributed by atoms with Crippen molar-refractivity contribution in [3.8, 4) is 5.75 Å². The average molecular weight is 393 g/mol. The molecule has 0 radical (unpaired) electrons. The Balaban J connectivity index is 1.44. The first-order valence-electron chi connectivity index (χ1n) is 9.96. The molecule has 0 spiro atoms. The van der Waals surface area contributed by atoms with Gasteiger partial charge in [0.05, 0.1) is 13.7 Å². The normalized spacial score (nSPS) is 15.1. The largest absolute Gasteiger partial charge is 0.497 e. The van der Waals surface area contributed by atoms with Crippen molar-refractivity contribution in [2.75, 3.05) is 33.3 Å². The molecule has 29 heavy (non-hydrogen) atoms. The highest BCUT2D eigenvalue weighted by atomic mass is 16.5. The van der Waals surface area contributed by atoms with Gasteiger partial charge in [0.25, 0.3) is 5.91 Å². The second-order valence-corrected chi connectivity index (χ2v) is 7.53. The molecule has 1 saturated heterocycles. The summed E-state index contributed by atoms with van der Waals surface area (Å²) in [5.74, 6) is 0.837. The molecule has 1 aliphatic rings. The van der Waals surface area contributed by atoms with Crippen molar-refractivity contribution < 1.29 is 14.6 Å². The highest BCUT2D eigenvalue weighted by Crippen LogP contribution is 2.27. The van der Waals surface area contributed by atoms with Gasteiger partial charge < -0.3 is 19.7 Å². The summed E-state index contributed by atoms with van der Waals surface area (Å²) < 4.78 is 5.31. The van der Waals surface area contributed by atoms with E-state index >= 15 is 0 Å². The van der Waals surface area contributed by atoms with Gasteiger partial charge in [-0.15, -0.1) is 0 Å². The quantitative estimate of drug-likeness (QED) is 0.699. The molecule has 1 fully saturated rings. The molecule has 2 heterocycles. The predicted octanol–water partition coefficient (Wildman–Crippen LogP) is 2.94. The van der Waals surface area contributed by atoms with Crippen molar-refractivity contribution in [2.24, 2.45) is 0 Å². The van der Waals surface area contributed by atoms with Crippen molar-refractivity contribution in [2.45, 2.75) is 20.1 Å². The zero-order chi connectivity index (χ0) is 20.4. The molecular weight excluding hydrogens is 366 g/mol. The van der Waals surface area contributed by atoms with Crippen LogP contribution >= 0.6 is 0 Å². The van der Waals surface area contributed by atoms with Crippen molar-refractivity contribution >= 4 is 16.8 Å².